The van der Waals surface area contributed by atoms with Gasteiger partial charge in [-0.3, -0.25) is 9.59 Å². The summed E-state index contributed by atoms with van der Waals surface area (Å²) in [6.45, 7) is 0.468. The van der Waals surface area contributed by atoms with Gasteiger partial charge in [0.25, 0.3) is 0 Å². The minimum atomic E-state index is -0.940. The average molecular weight is 442 g/mol. The number of rotatable bonds is 6. The van der Waals surface area contributed by atoms with E-state index in [0.717, 1.165) is 11.1 Å². The van der Waals surface area contributed by atoms with Crippen LogP contribution >= 0.6 is 23.2 Å². The van der Waals surface area contributed by atoms with Gasteiger partial charge in [-0.2, -0.15) is 5.10 Å². The molecule has 0 fully saturated rings. The summed E-state index contributed by atoms with van der Waals surface area (Å²) in [5, 5.41) is 6.80. The number of benzene rings is 3. The maximum absolute atomic E-state index is 11.9. The van der Waals surface area contributed by atoms with E-state index in [1.54, 1.807) is 30.3 Å². The van der Waals surface area contributed by atoms with Crippen molar-refractivity contribution in [3.8, 4) is 5.75 Å². The van der Waals surface area contributed by atoms with Crippen molar-refractivity contribution < 1.29 is 14.3 Å². The molecular formula is C22H17Cl2N3O3. The largest absolute Gasteiger partial charge is 0.489 e. The number of nitrogens with zero attached hydrogens (tertiary/aromatic N) is 1. The maximum atomic E-state index is 11.9. The molecule has 0 radical (unpaired) electrons. The third-order valence-corrected chi connectivity index (χ3v) is 4.46. The first-order chi connectivity index (χ1) is 14.5. The Morgan fingerprint density at radius 1 is 0.933 bits per heavy atom. The molecule has 8 heteroatoms. The van der Waals surface area contributed by atoms with Crippen LogP contribution < -0.4 is 15.5 Å². The first-order valence-electron chi connectivity index (χ1n) is 8.87. The third-order valence-electron chi connectivity index (χ3n) is 3.89. The molecule has 0 aromatic heterocycles. The highest BCUT2D eigenvalue weighted by molar-refractivity contribution is 6.42. The van der Waals surface area contributed by atoms with E-state index in [4.69, 9.17) is 27.9 Å². The lowest BCUT2D eigenvalue weighted by molar-refractivity contribution is -0.136. The normalized spacial score (nSPS) is 10.6. The van der Waals surface area contributed by atoms with Crippen molar-refractivity contribution >= 4 is 46.9 Å². The molecular weight excluding hydrogens is 425 g/mol. The van der Waals surface area contributed by atoms with Gasteiger partial charge in [-0.05, 0) is 53.6 Å². The lowest BCUT2D eigenvalue weighted by Gasteiger charge is -2.07. The van der Waals surface area contributed by atoms with Gasteiger partial charge >= 0.3 is 11.8 Å². The summed E-state index contributed by atoms with van der Waals surface area (Å²) in [7, 11) is 0. The molecule has 0 saturated heterocycles. The van der Waals surface area contributed by atoms with Crippen molar-refractivity contribution in [3.05, 3.63) is 94.0 Å². The van der Waals surface area contributed by atoms with E-state index in [-0.39, 0.29) is 10.7 Å². The van der Waals surface area contributed by atoms with Gasteiger partial charge in [0.2, 0.25) is 0 Å². The van der Waals surface area contributed by atoms with Gasteiger partial charge < -0.3 is 10.1 Å². The Bertz CT molecular complexity index is 1050. The summed E-state index contributed by atoms with van der Waals surface area (Å²) in [6.07, 6.45) is 1.42. The number of halogens is 2. The standard InChI is InChI=1S/C22H17Cl2N3O3/c23-17-8-11-19(24)20(12-17)26-21(28)22(29)27-25-13-15-6-9-18(10-7-15)30-14-16-4-2-1-3-5-16/h1-13H,14H2,(H,26,28)(H,27,29). The highest BCUT2D eigenvalue weighted by Gasteiger charge is 2.14. The molecule has 0 aliphatic carbocycles. The Kier molecular flexibility index (Phi) is 7.43. The summed E-state index contributed by atoms with van der Waals surface area (Å²) in [5.41, 5.74) is 4.19. The summed E-state index contributed by atoms with van der Waals surface area (Å²) < 4.78 is 5.71. The molecule has 0 spiro atoms. The van der Waals surface area contributed by atoms with Crippen molar-refractivity contribution in [1.29, 1.82) is 0 Å². The van der Waals surface area contributed by atoms with E-state index in [1.807, 2.05) is 30.3 Å². The molecule has 0 atom stereocenters. The van der Waals surface area contributed by atoms with Crippen LogP contribution in [0.1, 0.15) is 11.1 Å². The fourth-order valence-electron chi connectivity index (χ4n) is 2.38. The summed E-state index contributed by atoms with van der Waals surface area (Å²) in [4.78, 5) is 23.8. The van der Waals surface area contributed by atoms with Crippen molar-refractivity contribution in [2.75, 3.05) is 5.32 Å². The predicted octanol–water partition coefficient (Wildman–Crippen LogP) is 4.66. The first-order valence-corrected chi connectivity index (χ1v) is 9.63. The number of amides is 2. The van der Waals surface area contributed by atoms with E-state index in [0.29, 0.717) is 17.4 Å². The zero-order valence-corrected chi connectivity index (χ0v) is 17.2. The Balaban J connectivity index is 1.48. The summed E-state index contributed by atoms with van der Waals surface area (Å²) in [6, 6.07) is 21.5. The molecule has 0 heterocycles. The van der Waals surface area contributed by atoms with Crippen LogP contribution in [0.15, 0.2) is 77.9 Å². The van der Waals surface area contributed by atoms with Gasteiger partial charge in [0.15, 0.2) is 0 Å². The highest BCUT2D eigenvalue weighted by atomic mass is 35.5. The lowest BCUT2D eigenvalue weighted by Crippen LogP contribution is -2.32. The van der Waals surface area contributed by atoms with Crippen molar-refractivity contribution in [3.63, 3.8) is 0 Å². The number of nitrogens with one attached hydrogen (secondary N) is 2. The molecule has 152 valence electrons. The molecule has 2 amide bonds. The second-order valence-electron chi connectivity index (χ2n) is 6.12. The minimum Gasteiger partial charge on any atom is -0.489 e. The number of hydrogen-bond donors (Lipinski definition) is 2. The molecule has 30 heavy (non-hydrogen) atoms. The van der Waals surface area contributed by atoms with Gasteiger partial charge in [0.05, 0.1) is 16.9 Å². The molecule has 0 unspecified atom stereocenters. The van der Waals surface area contributed by atoms with Crippen molar-refractivity contribution in [2.24, 2.45) is 5.10 Å². The average Bonchev–Trinajstić information content (AvgIpc) is 2.76. The zero-order chi connectivity index (χ0) is 21.3. The number of hydrogen-bond acceptors (Lipinski definition) is 4. The van der Waals surface area contributed by atoms with E-state index < -0.39 is 11.8 Å². The lowest BCUT2D eigenvalue weighted by atomic mass is 10.2. The fourth-order valence-corrected chi connectivity index (χ4v) is 2.72. The Morgan fingerprint density at radius 2 is 1.67 bits per heavy atom. The molecule has 0 saturated carbocycles. The van der Waals surface area contributed by atoms with Crippen LogP contribution in [0.3, 0.4) is 0 Å². The van der Waals surface area contributed by atoms with E-state index in [1.165, 1.54) is 18.3 Å². The first kappa shape index (κ1) is 21.4. The van der Waals surface area contributed by atoms with Crippen molar-refractivity contribution in [1.82, 2.24) is 5.43 Å². The van der Waals surface area contributed by atoms with E-state index in [2.05, 4.69) is 15.8 Å². The number of anilines is 1. The molecule has 0 aliphatic heterocycles. The van der Waals surface area contributed by atoms with E-state index >= 15 is 0 Å². The fraction of sp³-hybridized carbons (Fsp3) is 0.0455. The van der Waals surface area contributed by atoms with Gasteiger partial charge in [-0.1, -0.05) is 53.5 Å². The van der Waals surface area contributed by atoms with Crippen LogP contribution in [-0.4, -0.2) is 18.0 Å². The van der Waals surface area contributed by atoms with Crippen LogP contribution in [0.25, 0.3) is 0 Å². The topological polar surface area (TPSA) is 79.8 Å². The number of carbonyl (C=O) groups is 2. The molecule has 0 aliphatic rings. The third kappa shape index (κ3) is 6.34. The van der Waals surface area contributed by atoms with Gasteiger partial charge in [-0.25, -0.2) is 5.43 Å². The summed E-state index contributed by atoms with van der Waals surface area (Å²) in [5.74, 6) is -1.15. The Labute approximate surface area is 183 Å². The van der Waals surface area contributed by atoms with Gasteiger partial charge in [0, 0.05) is 5.02 Å². The highest BCUT2D eigenvalue weighted by Crippen LogP contribution is 2.25. The van der Waals surface area contributed by atoms with Crippen LogP contribution in [0.5, 0.6) is 5.75 Å². The molecule has 3 rings (SSSR count). The second-order valence-corrected chi connectivity index (χ2v) is 6.96. The second kappa shape index (κ2) is 10.4. The monoisotopic (exact) mass is 441 g/mol. The predicted molar refractivity (Wildman–Crippen MR) is 118 cm³/mol. The molecule has 2 N–H and O–H groups in total. The van der Waals surface area contributed by atoms with Crippen LogP contribution in [0.2, 0.25) is 10.0 Å². The molecule has 6 nitrogen and oxygen atoms in total. The number of ether oxygens (including phenoxy) is 1. The molecule has 3 aromatic rings. The van der Waals surface area contributed by atoms with Crippen LogP contribution in [-0.2, 0) is 16.2 Å². The minimum absolute atomic E-state index is 0.236. The van der Waals surface area contributed by atoms with Crippen molar-refractivity contribution in [2.45, 2.75) is 6.61 Å². The zero-order valence-electron chi connectivity index (χ0n) is 15.6. The Hall–Kier alpha value is -3.35. The molecule has 0 bridgehead atoms. The Morgan fingerprint density at radius 3 is 2.40 bits per heavy atom. The summed E-state index contributed by atoms with van der Waals surface area (Å²) >= 11 is 11.8. The smallest absolute Gasteiger partial charge is 0.329 e. The SMILES string of the molecule is O=C(NN=Cc1ccc(OCc2ccccc2)cc1)C(=O)Nc1cc(Cl)ccc1Cl. The van der Waals surface area contributed by atoms with Gasteiger partial charge in [-0.15, -0.1) is 0 Å². The number of carbonyl (C=O) groups excluding carboxylic acids is 2. The molecule has 3 aromatic carbocycles. The quantitative estimate of drug-likeness (QED) is 0.331. The maximum Gasteiger partial charge on any atom is 0.329 e. The van der Waals surface area contributed by atoms with Crippen LogP contribution in [0, 0.1) is 0 Å². The van der Waals surface area contributed by atoms with Crippen LogP contribution in [0.4, 0.5) is 5.69 Å². The van der Waals surface area contributed by atoms with E-state index in [9.17, 15) is 9.59 Å². The number of hydrazone groups is 1. The van der Waals surface area contributed by atoms with Gasteiger partial charge in [0.1, 0.15) is 12.4 Å².